The summed E-state index contributed by atoms with van der Waals surface area (Å²) in [4.78, 5) is 4.66. The molecule has 0 saturated heterocycles. The Labute approximate surface area is 171 Å². The molecule has 0 fully saturated rings. The molecule has 0 aliphatic heterocycles. The molecule has 1 aromatic rings. The van der Waals surface area contributed by atoms with Crippen LogP contribution >= 0.6 is 47.5 Å². The van der Waals surface area contributed by atoms with E-state index in [-0.39, 0.29) is 28.7 Å². The highest BCUT2D eigenvalue weighted by Crippen LogP contribution is 2.19. The van der Waals surface area contributed by atoms with Gasteiger partial charge in [-0.25, -0.2) is 4.99 Å². The van der Waals surface area contributed by atoms with Crippen molar-refractivity contribution < 1.29 is 0 Å². The summed E-state index contributed by atoms with van der Waals surface area (Å²) in [6.45, 7) is 8.70. The summed E-state index contributed by atoms with van der Waals surface area (Å²) in [5.41, 5.74) is 0. The number of thioether (sulfide) groups is 2. The average Bonchev–Trinajstić information content (AvgIpc) is 2.85. The molecule has 0 aromatic carbocycles. The van der Waals surface area contributed by atoms with Gasteiger partial charge in [0.15, 0.2) is 11.8 Å². The van der Waals surface area contributed by atoms with Gasteiger partial charge in [-0.1, -0.05) is 0 Å². The second kappa shape index (κ2) is 12.2. The number of aromatic nitrogens is 3. The minimum absolute atomic E-state index is 0. The van der Waals surface area contributed by atoms with E-state index in [4.69, 9.17) is 0 Å². The minimum atomic E-state index is 0. The summed E-state index contributed by atoms with van der Waals surface area (Å²) < 4.78 is 2.14. The fraction of sp³-hybridized carbons (Fsp3) is 0.800. The van der Waals surface area contributed by atoms with Crippen LogP contribution in [0.3, 0.4) is 0 Å². The van der Waals surface area contributed by atoms with E-state index in [9.17, 15) is 0 Å². The first-order valence-corrected chi connectivity index (χ1v) is 10.4. The Bertz CT molecular complexity index is 504. The third-order valence-electron chi connectivity index (χ3n) is 3.61. The molecule has 0 aliphatic carbocycles. The highest BCUT2D eigenvalue weighted by molar-refractivity contribution is 14.0. The molecule has 0 unspecified atom stereocenters. The molecule has 0 atom stereocenters. The van der Waals surface area contributed by atoms with Crippen molar-refractivity contribution in [3.63, 3.8) is 0 Å². The maximum Gasteiger partial charge on any atom is 0.191 e. The van der Waals surface area contributed by atoms with Gasteiger partial charge in [0.25, 0.3) is 0 Å². The number of halogens is 1. The van der Waals surface area contributed by atoms with Crippen LogP contribution in [0.25, 0.3) is 0 Å². The molecule has 1 aromatic heterocycles. The lowest BCUT2D eigenvalue weighted by atomic mass is 10.2. The van der Waals surface area contributed by atoms with Crippen molar-refractivity contribution in [3.8, 4) is 0 Å². The molecule has 0 amide bonds. The van der Waals surface area contributed by atoms with E-state index in [0.29, 0.717) is 6.54 Å². The molecule has 1 rings (SSSR count). The molecule has 140 valence electrons. The van der Waals surface area contributed by atoms with Crippen LogP contribution in [0.1, 0.15) is 31.9 Å². The Balaban J connectivity index is 0.00000529. The van der Waals surface area contributed by atoms with E-state index in [0.717, 1.165) is 42.9 Å². The molecule has 24 heavy (non-hydrogen) atoms. The predicted octanol–water partition coefficient (Wildman–Crippen LogP) is 2.67. The number of aryl methyl sites for hydroxylation is 1. The van der Waals surface area contributed by atoms with Crippen molar-refractivity contribution in [2.45, 2.75) is 38.5 Å². The molecule has 0 radical (unpaired) electrons. The molecule has 2 N–H and O–H groups in total. The van der Waals surface area contributed by atoms with Gasteiger partial charge in [-0.3, -0.25) is 0 Å². The van der Waals surface area contributed by atoms with E-state index >= 15 is 0 Å². The third-order valence-corrected chi connectivity index (χ3v) is 5.56. The lowest BCUT2D eigenvalue weighted by Gasteiger charge is -2.24. The fourth-order valence-corrected chi connectivity index (χ4v) is 2.35. The van der Waals surface area contributed by atoms with Crippen molar-refractivity contribution in [2.24, 2.45) is 12.0 Å². The summed E-state index contributed by atoms with van der Waals surface area (Å²) in [6, 6.07) is 0. The summed E-state index contributed by atoms with van der Waals surface area (Å²) in [7, 11) is 1.97. The molecule has 1 heterocycles. The highest BCUT2D eigenvalue weighted by atomic mass is 127. The summed E-state index contributed by atoms with van der Waals surface area (Å²) >= 11 is 3.71. The summed E-state index contributed by atoms with van der Waals surface area (Å²) in [5.74, 6) is 3.77. The Morgan fingerprint density at radius 2 is 1.96 bits per heavy atom. The second-order valence-corrected chi connectivity index (χ2v) is 8.48. The highest BCUT2D eigenvalue weighted by Gasteiger charge is 2.16. The first kappa shape index (κ1) is 23.8. The number of nitrogens with zero attached hydrogens (tertiary/aromatic N) is 4. The monoisotopic (exact) mass is 486 g/mol. The molecular formula is C15H31IN6S2. The first-order valence-electron chi connectivity index (χ1n) is 7.80. The van der Waals surface area contributed by atoms with Gasteiger partial charge in [0.1, 0.15) is 12.4 Å². The standard InChI is InChI=1S/C15H30N6S2.HI/c1-12-19-20-13(21(12)4)10-17-14(16-8-7-9-22-5)18-11-15(2,3)23-6;/h7-11H2,1-6H3,(H2,16,17,18);1H. The predicted molar refractivity (Wildman–Crippen MR) is 119 cm³/mol. The van der Waals surface area contributed by atoms with Crippen LogP contribution in [-0.2, 0) is 13.6 Å². The number of hydrogen-bond acceptors (Lipinski definition) is 5. The van der Waals surface area contributed by atoms with Crippen LogP contribution in [0.15, 0.2) is 4.99 Å². The zero-order valence-electron chi connectivity index (χ0n) is 15.5. The summed E-state index contributed by atoms with van der Waals surface area (Å²) in [6.07, 6.45) is 5.38. The average molecular weight is 486 g/mol. The van der Waals surface area contributed by atoms with Crippen molar-refractivity contribution in [3.05, 3.63) is 11.6 Å². The zero-order chi connectivity index (χ0) is 17.3. The Morgan fingerprint density at radius 1 is 1.25 bits per heavy atom. The first-order chi connectivity index (χ1) is 10.9. The lowest BCUT2D eigenvalue weighted by molar-refractivity contribution is 0.659. The van der Waals surface area contributed by atoms with Crippen LogP contribution in [0, 0.1) is 6.92 Å². The van der Waals surface area contributed by atoms with Gasteiger partial charge >= 0.3 is 0 Å². The van der Waals surface area contributed by atoms with Gasteiger partial charge in [-0.2, -0.15) is 23.5 Å². The molecular weight excluding hydrogens is 455 g/mol. The van der Waals surface area contributed by atoms with Gasteiger partial charge in [0.2, 0.25) is 0 Å². The van der Waals surface area contributed by atoms with E-state index in [2.05, 4.69) is 52.2 Å². The van der Waals surface area contributed by atoms with E-state index in [1.807, 2.05) is 42.1 Å². The van der Waals surface area contributed by atoms with Gasteiger partial charge in [0, 0.05) is 24.9 Å². The number of aliphatic imine (C=N–C) groups is 1. The van der Waals surface area contributed by atoms with Crippen molar-refractivity contribution in [1.82, 2.24) is 25.4 Å². The van der Waals surface area contributed by atoms with Crippen LogP contribution in [0.5, 0.6) is 0 Å². The Hall–Kier alpha value is -0.160. The third kappa shape index (κ3) is 8.80. The van der Waals surface area contributed by atoms with Gasteiger partial charge in [0.05, 0.1) is 0 Å². The van der Waals surface area contributed by atoms with Crippen molar-refractivity contribution in [1.29, 1.82) is 0 Å². The maximum absolute atomic E-state index is 4.66. The lowest BCUT2D eigenvalue weighted by Crippen LogP contribution is -2.43. The number of guanidine groups is 1. The SMILES string of the molecule is CSCCCNC(=NCc1nnc(C)n1C)NCC(C)(C)SC.I. The fourth-order valence-electron chi connectivity index (χ4n) is 1.70. The Kier molecular flexibility index (Phi) is 12.2. The maximum atomic E-state index is 4.66. The minimum Gasteiger partial charge on any atom is -0.356 e. The van der Waals surface area contributed by atoms with Crippen LogP contribution in [0.4, 0.5) is 0 Å². The zero-order valence-corrected chi connectivity index (χ0v) is 19.5. The van der Waals surface area contributed by atoms with Crippen molar-refractivity contribution in [2.75, 3.05) is 31.4 Å². The molecule has 6 nitrogen and oxygen atoms in total. The number of hydrogen-bond donors (Lipinski definition) is 2. The number of nitrogens with one attached hydrogen (secondary N) is 2. The van der Waals surface area contributed by atoms with Crippen LogP contribution < -0.4 is 10.6 Å². The number of rotatable bonds is 9. The molecule has 0 saturated carbocycles. The molecule has 0 aliphatic rings. The van der Waals surface area contributed by atoms with Gasteiger partial charge in [-0.15, -0.1) is 34.2 Å². The normalized spacial score (nSPS) is 12.0. The van der Waals surface area contributed by atoms with Gasteiger partial charge in [-0.05, 0) is 45.5 Å². The molecule has 0 bridgehead atoms. The molecule has 0 spiro atoms. The van der Waals surface area contributed by atoms with E-state index < -0.39 is 0 Å². The quantitative estimate of drug-likeness (QED) is 0.242. The van der Waals surface area contributed by atoms with Crippen LogP contribution in [0.2, 0.25) is 0 Å². The summed E-state index contributed by atoms with van der Waals surface area (Å²) in [5, 5.41) is 15.1. The largest absolute Gasteiger partial charge is 0.356 e. The Morgan fingerprint density at radius 3 is 2.50 bits per heavy atom. The molecule has 9 heteroatoms. The topological polar surface area (TPSA) is 67.1 Å². The second-order valence-electron chi connectivity index (χ2n) is 5.98. The van der Waals surface area contributed by atoms with Crippen molar-refractivity contribution >= 4 is 53.5 Å². The van der Waals surface area contributed by atoms with Gasteiger partial charge < -0.3 is 15.2 Å². The van der Waals surface area contributed by atoms with Crippen LogP contribution in [-0.4, -0.2) is 56.8 Å². The van der Waals surface area contributed by atoms with E-state index in [1.165, 1.54) is 0 Å². The van der Waals surface area contributed by atoms with E-state index in [1.54, 1.807) is 0 Å². The smallest absolute Gasteiger partial charge is 0.191 e.